The van der Waals surface area contributed by atoms with E-state index < -0.39 is 11.7 Å². The average Bonchev–Trinajstić information content (AvgIpc) is 2.59. The van der Waals surface area contributed by atoms with E-state index in [2.05, 4.69) is 15.6 Å². The van der Waals surface area contributed by atoms with Crippen LogP contribution in [0.15, 0.2) is 36.5 Å². The van der Waals surface area contributed by atoms with E-state index in [4.69, 9.17) is 23.2 Å². The second kappa shape index (κ2) is 9.09. The molecule has 1 amide bonds. The van der Waals surface area contributed by atoms with E-state index in [-0.39, 0.29) is 31.2 Å². The molecule has 0 fully saturated rings. The lowest BCUT2D eigenvalue weighted by Crippen LogP contribution is -2.29. The Kier molecular flexibility index (Phi) is 7.11. The molecule has 9 heteroatoms. The molecule has 0 unspecified atom stereocenters. The third-order valence-electron chi connectivity index (χ3n) is 3.51. The number of carbonyl (C=O) groups excluding carboxylic acids is 1. The van der Waals surface area contributed by atoms with Gasteiger partial charge in [0.2, 0.25) is 5.91 Å². The molecule has 0 saturated carbocycles. The van der Waals surface area contributed by atoms with Gasteiger partial charge < -0.3 is 10.6 Å². The zero-order valence-corrected chi connectivity index (χ0v) is 15.0. The van der Waals surface area contributed by atoms with Gasteiger partial charge in [-0.05, 0) is 30.2 Å². The maximum Gasteiger partial charge on any atom is 0.419 e. The summed E-state index contributed by atoms with van der Waals surface area (Å²) in [7, 11) is 0. The van der Waals surface area contributed by atoms with Crippen molar-refractivity contribution in [1.82, 2.24) is 10.3 Å². The fourth-order valence-corrected chi connectivity index (χ4v) is 2.65. The van der Waals surface area contributed by atoms with E-state index in [9.17, 15) is 18.0 Å². The molecular weight excluding hydrogens is 390 g/mol. The first-order valence-electron chi connectivity index (χ1n) is 7.74. The van der Waals surface area contributed by atoms with Crippen LogP contribution in [0.1, 0.15) is 17.5 Å². The van der Waals surface area contributed by atoms with Gasteiger partial charge in [-0.15, -0.1) is 0 Å². The number of benzene rings is 1. The maximum absolute atomic E-state index is 12.8. The van der Waals surface area contributed by atoms with Gasteiger partial charge in [0.15, 0.2) is 0 Å². The van der Waals surface area contributed by atoms with Crippen LogP contribution in [0.25, 0.3) is 0 Å². The first-order valence-corrected chi connectivity index (χ1v) is 8.50. The van der Waals surface area contributed by atoms with E-state index in [1.165, 1.54) is 12.3 Å². The number of rotatable bonds is 7. The molecule has 2 aromatic rings. The molecule has 1 aromatic carbocycles. The number of aromatic nitrogens is 1. The third kappa shape index (κ3) is 5.78. The number of nitrogens with one attached hydrogen (secondary N) is 2. The fraction of sp³-hybridized carbons (Fsp3) is 0.294. The number of pyridine rings is 1. The number of nitrogens with zero attached hydrogens (tertiary/aromatic N) is 1. The van der Waals surface area contributed by atoms with Gasteiger partial charge in [0.05, 0.1) is 15.6 Å². The number of aryl methyl sites for hydroxylation is 1. The van der Waals surface area contributed by atoms with Crippen LogP contribution < -0.4 is 10.6 Å². The summed E-state index contributed by atoms with van der Waals surface area (Å²) in [6, 6.07) is 7.35. The summed E-state index contributed by atoms with van der Waals surface area (Å²) in [4.78, 5) is 15.5. The van der Waals surface area contributed by atoms with Crippen molar-refractivity contribution in [3.8, 4) is 0 Å². The van der Waals surface area contributed by atoms with E-state index in [0.717, 1.165) is 11.6 Å². The Morgan fingerprint density at radius 2 is 1.88 bits per heavy atom. The maximum atomic E-state index is 12.8. The minimum Gasteiger partial charge on any atom is -0.368 e. The Balaban J connectivity index is 1.77. The molecule has 0 spiro atoms. The van der Waals surface area contributed by atoms with Crippen LogP contribution in [0.5, 0.6) is 0 Å². The molecule has 0 bridgehead atoms. The number of amides is 1. The number of carbonyl (C=O) groups is 1. The minimum atomic E-state index is -4.49. The van der Waals surface area contributed by atoms with Gasteiger partial charge in [-0.25, -0.2) is 4.98 Å². The summed E-state index contributed by atoms with van der Waals surface area (Å²) >= 11 is 12.0. The molecule has 2 rings (SSSR count). The van der Waals surface area contributed by atoms with E-state index in [1.807, 2.05) is 0 Å². The highest BCUT2D eigenvalue weighted by Crippen LogP contribution is 2.33. The average molecular weight is 406 g/mol. The predicted molar refractivity (Wildman–Crippen MR) is 95.5 cm³/mol. The quantitative estimate of drug-likeness (QED) is 0.663. The molecule has 26 heavy (non-hydrogen) atoms. The Morgan fingerprint density at radius 3 is 2.62 bits per heavy atom. The monoisotopic (exact) mass is 405 g/mol. The molecule has 140 valence electrons. The van der Waals surface area contributed by atoms with E-state index in [0.29, 0.717) is 16.5 Å². The first kappa shape index (κ1) is 20.3. The van der Waals surface area contributed by atoms with Gasteiger partial charge in [-0.2, -0.15) is 13.2 Å². The lowest BCUT2D eigenvalue weighted by Gasteiger charge is -2.13. The van der Waals surface area contributed by atoms with Gasteiger partial charge >= 0.3 is 6.18 Å². The first-order chi connectivity index (χ1) is 12.3. The van der Waals surface area contributed by atoms with Crippen molar-refractivity contribution in [1.29, 1.82) is 0 Å². The standard InChI is InChI=1S/C17H16Cl2F3N3O/c18-13-5-1-3-11(15(13)19)6-7-14(26)23-9-10-25-16-12(17(20,21)22)4-2-8-24-16/h1-5,8H,6-7,9-10H2,(H,23,26)(H,24,25). The van der Waals surface area contributed by atoms with Crippen LogP contribution in [0.4, 0.5) is 19.0 Å². The molecule has 2 N–H and O–H groups in total. The number of anilines is 1. The zero-order valence-electron chi connectivity index (χ0n) is 13.5. The fourth-order valence-electron chi connectivity index (χ4n) is 2.24. The van der Waals surface area contributed by atoms with Crippen LogP contribution in [-0.2, 0) is 17.4 Å². The predicted octanol–water partition coefficient (Wildman–Crippen LogP) is 4.57. The Bertz CT molecular complexity index is 769. The Labute approximate surface area is 158 Å². The number of alkyl halides is 3. The van der Waals surface area contributed by atoms with Crippen molar-refractivity contribution in [3.05, 3.63) is 57.7 Å². The highest BCUT2D eigenvalue weighted by molar-refractivity contribution is 6.42. The van der Waals surface area contributed by atoms with Crippen LogP contribution in [0.3, 0.4) is 0 Å². The molecule has 0 aliphatic carbocycles. The third-order valence-corrected chi connectivity index (χ3v) is 4.36. The SMILES string of the molecule is O=C(CCc1cccc(Cl)c1Cl)NCCNc1ncccc1C(F)(F)F. The van der Waals surface area contributed by atoms with Crippen molar-refractivity contribution < 1.29 is 18.0 Å². The van der Waals surface area contributed by atoms with Crippen LogP contribution >= 0.6 is 23.2 Å². The smallest absolute Gasteiger partial charge is 0.368 e. The highest BCUT2D eigenvalue weighted by Gasteiger charge is 2.33. The summed E-state index contributed by atoms with van der Waals surface area (Å²) in [5.74, 6) is -0.500. The van der Waals surface area contributed by atoms with Crippen molar-refractivity contribution in [3.63, 3.8) is 0 Å². The topological polar surface area (TPSA) is 54.0 Å². The van der Waals surface area contributed by atoms with Crippen molar-refractivity contribution in [2.45, 2.75) is 19.0 Å². The van der Waals surface area contributed by atoms with Crippen LogP contribution in [0, 0.1) is 0 Å². The molecule has 0 saturated heterocycles. The number of halogens is 5. The van der Waals surface area contributed by atoms with Gasteiger partial charge in [0.25, 0.3) is 0 Å². The van der Waals surface area contributed by atoms with Crippen LogP contribution in [0.2, 0.25) is 10.0 Å². The summed E-state index contributed by atoms with van der Waals surface area (Å²) in [5.41, 5.74) is -0.0855. The lowest BCUT2D eigenvalue weighted by molar-refractivity contribution is -0.137. The summed E-state index contributed by atoms with van der Waals surface area (Å²) in [6.07, 6.45) is -2.62. The molecular formula is C17H16Cl2F3N3O. The zero-order chi connectivity index (χ0) is 19.2. The minimum absolute atomic E-state index is 0.115. The summed E-state index contributed by atoms with van der Waals surface area (Å²) in [5, 5.41) is 6.05. The van der Waals surface area contributed by atoms with Crippen molar-refractivity contribution >= 4 is 34.9 Å². The van der Waals surface area contributed by atoms with Crippen molar-refractivity contribution in [2.24, 2.45) is 0 Å². The molecule has 0 atom stereocenters. The molecule has 0 aliphatic heterocycles. The van der Waals surface area contributed by atoms with Crippen molar-refractivity contribution in [2.75, 3.05) is 18.4 Å². The molecule has 1 aromatic heterocycles. The number of hydrogen-bond acceptors (Lipinski definition) is 3. The van der Waals surface area contributed by atoms with Gasteiger partial charge in [-0.1, -0.05) is 35.3 Å². The second-order valence-corrected chi connectivity index (χ2v) is 6.17. The molecule has 0 radical (unpaired) electrons. The van der Waals surface area contributed by atoms with E-state index in [1.54, 1.807) is 18.2 Å². The van der Waals surface area contributed by atoms with Gasteiger partial charge in [0.1, 0.15) is 5.82 Å². The van der Waals surface area contributed by atoms with Gasteiger partial charge in [-0.3, -0.25) is 4.79 Å². The highest BCUT2D eigenvalue weighted by atomic mass is 35.5. The van der Waals surface area contributed by atoms with Crippen LogP contribution in [-0.4, -0.2) is 24.0 Å². The lowest BCUT2D eigenvalue weighted by atomic mass is 10.1. The normalized spacial score (nSPS) is 11.3. The number of hydrogen-bond donors (Lipinski definition) is 2. The largest absolute Gasteiger partial charge is 0.419 e. The molecule has 1 heterocycles. The summed E-state index contributed by atoms with van der Waals surface area (Å²) < 4.78 is 38.5. The summed E-state index contributed by atoms with van der Waals surface area (Å²) in [6.45, 7) is 0.278. The van der Waals surface area contributed by atoms with Gasteiger partial charge in [0, 0.05) is 25.7 Å². The Morgan fingerprint density at radius 1 is 1.12 bits per heavy atom. The Hall–Kier alpha value is -1.99. The molecule has 0 aliphatic rings. The molecule has 4 nitrogen and oxygen atoms in total. The second-order valence-electron chi connectivity index (χ2n) is 5.39. The van der Waals surface area contributed by atoms with E-state index >= 15 is 0 Å².